The molecule has 0 saturated carbocycles. The van der Waals surface area contributed by atoms with Crippen molar-refractivity contribution in [2.75, 3.05) is 0 Å². The van der Waals surface area contributed by atoms with E-state index in [9.17, 15) is 0 Å². The van der Waals surface area contributed by atoms with Crippen LogP contribution >= 0.6 is 0 Å². The van der Waals surface area contributed by atoms with Crippen molar-refractivity contribution in [2.45, 2.75) is 13.8 Å². The molecule has 0 aliphatic heterocycles. The second kappa shape index (κ2) is 12.0. The van der Waals surface area contributed by atoms with Gasteiger partial charge in [0.25, 0.3) is 0 Å². The van der Waals surface area contributed by atoms with E-state index < -0.39 is 0 Å². The molecular formula is C30H25IrN2-. The van der Waals surface area contributed by atoms with Crippen LogP contribution in [0.3, 0.4) is 0 Å². The monoisotopic (exact) mass is 606 g/mol. The molecule has 0 aliphatic carbocycles. The second-order valence-electron chi connectivity index (χ2n) is 7.56. The predicted octanol–water partition coefficient (Wildman–Crippen LogP) is 7.58. The number of aromatic nitrogens is 2. The quantitative estimate of drug-likeness (QED) is 0.198. The van der Waals surface area contributed by atoms with E-state index in [0.717, 1.165) is 17.0 Å². The fourth-order valence-corrected chi connectivity index (χ4v) is 3.53. The van der Waals surface area contributed by atoms with E-state index in [2.05, 4.69) is 84.5 Å². The molecule has 0 unspecified atom stereocenters. The standard InChI is InChI=1S/C19H17N.C11H8N.Ir/c1-14-8-6-7-11-17(14)19-12-18(15(2)13-20-19)16-9-4-3-5-10-16;1-2-6-10(7-3-1)11-8-4-5-9-12-11;/h3-13H,1-2H3;1-6,8-9H;/q;-1;. The van der Waals surface area contributed by atoms with Gasteiger partial charge in [0, 0.05) is 38.1 Å². The van der Waals surface area contributed by atoms with E-state index in [1.54, 1.807) is 6.20 Å². The Morgan fingerprint density at radius 1 is 0.606 bits per heavy atom. The maximum absolute atomic E-state index is 4.60. The summed E-state index contributed by atoms with van der Waals surface area (Å²) in [5.74, 6) is 0. The van der Waals surface area contributed by atoms with Crippen molar-refractivity contribution in [1.29, 1.82) is 0 Å². The second-order valence-corrected chi connectivity index (χ2v) is 7.56. The van der Waals surface area contributed by atoms with Gasteiger partial charge in [-0.2, -0.15) is 0 Å². The summed E-state index contributed by atoms with van der Waals surface area (Å²) in [5.41, 5.74) is 9.19. The van der Waals surface area contributed by atoms with Gasteiger partial charge in [0.1, 0.15) is 0 Å². The fraction of sp³-hybridized carbons (Fsp3) is 0.0667. The van der Waals surface area contributed by atoms with Crippen LogP contribution in [0.15, 0.2) is 116 Å². The number of hydrogen-bond donors (Lipinski definition) is 0. The molecule has 3 aromatic carbocycles. The van der Waals surface area contributed by atoms with Crippen molar-refractivity contribution < 1.29 is 20.1 Å². The first-order valence-electron chi connectivity index (χ1n) is 10.7. The summed E-state index contributed by atoms with van der Waals surface area (Å²) in [6, 6.07) is 37.9. The molecule has 5 aromatic rings. The van der Waals surface area contributed by atoms with Crippen molar-refractivity contribution in [3.8, 4) is 33.6 Å². The van der Waals surface area contributed by atoms with Crippen LogP contribution in [0, 0.1) is 19.9 Å². The van der Waals surface area contributed by atoms with Crippen molar-refractivity contribution in [1.82, 2.24) is 9.97 Å². The molecule has 0 amide bonds. The van der Waals surface area contributed by atoms with Crippen LogP contribution in [-0.2, 0) is 20.1 Å². The first-order chi connectivity index (χ1) is 15.7. The van der Waals surface area contributed by atoms with Crippen LogP contribution in [0.5, 0.6) is 0 Å². The molecule has 0 bridgehead atoms. The number of rotatable bonds is 3. The summed E-state index contributed by atoms with van der Waals surface area (Å²) in [7, 11) is 0. The first kappa shape index (κ1) is 24.3. The van der Waals surface area contributed by atoms with Crippen LogP contribution in [0.1, 0.15) is 11.1 Å². The molecule has 5 rings (SSSR count). The molecule has 33 heavy (non-hydrogen) atoms. The maximum Gasteiger partial charge on any atom is 0.0711 e. The van der Waals surface area contributed by atoms with E-state index in [1.807, 2.05) is 54.7 Å². The number of pyridine rings is 2. The summed E-state index contributed by atoms with van der Waals surface area (Å²) in [6.07, 6.45) is 3.75. The smallest absolute Gasteiger partial charge is 0.0711 e. The third-order valence-electron chi connectivity index (χ3n) is 5.26. The van der Waals surface area contributed by atoms with Crippen molar-refractivity contribution in [3.63, 3.8) is 0 Å². The van der Waals surface area contributed by atoms with E-state index in [0.29, 0.717) is 0 Å². The van der Waals surface area contributed by atoms with Gasteiger partial charge in [0.05, 0.1) is 5.69 Å². The van der Waals surface area contributed by atoms with Gasteiger partial charge in [0.15, 0.2) is 0 Å². The summed E-state index contributed by atoms with van der Waals surface area (Å²) in [4.78, 5) is 8.81. The average Bonchev–Trinajstić information content (AvgIpc) is 2.87. The predicted molar refractivity (Wildman–Crippen MR) is 133 cm³/mol. The molecule has 0 N–H and O–H groups in total. The Balaban J connectivity index is 0.000000202. The summed E-state index contributed by atoms with van der Waals surface area (Å²) in [6.45, 7) is 4.23. The zero-order chi connectivity index (χ0) is 22.2. The summed E-state index contributed by atoms with van der Waals surface area (Å²) < 4.78 is 0. The van der Waals surface area contributed by atoms with Crippen LogP contribution < -0.4 is 0 Å². The fourth-order valence-electron chi connectivity index (χ4n) is 3.53. The van der Waals surface area contributed by atoms with Gasteiger partial charge >= 0.3 is 0 Å². The van der Waals surface area contributed by atoms with Gasteiger partial charge in [-0.25, -0.2) is 0 Å². The Bertz CT molecular complexity index is 1230. The molecule has 2 aromatic heterocycles. The molecule has 0 atom stereocenters. The zero-order valence-corrected chi connectivity index (χ0v) is 21.1. The Labute approximate surface area is 209 Å². The minimum Gasteiger partial charge on any atom is -0.305 e. The van der Waals surface area contributed by atoms with Gasteiger partial charge in [-0.15, -0.1) is 35.9 Å². The van der Waals surface area contributed by atoms with E-state index in [4.69, 9.17) is 0 Å². The van der Waals surface area contributed by atoms with Gasteiger partial charge in [-0.1, -0.05) is 66.7 Å². The Kier molecular flexibility index (Phi) is 8.83. The van der Waals surface area contributed by atoms with Crippen LogP contribution in [-0.4, -0.2) is 9.97 Å². The number of aryl methyl sites for hydroxylation is 2. The molecule has 0 aliphatic rings. The zero-order valence-electron chi connectivity index (χ0n) is 18.7. The molecule has 2 nitrogen and oxygen atoms in total. The van der Waals surface area contributed by atoms with Crippen LogP contribution in [0.2, 0.25) is 0 Å². The van der Waals surface area contributed by atoms with E-state index >= 15 is 0 Å². The van der Waals surface area contributed by atoms with Gasteiger partial charge in [-0.05, 0) is 53.9 Å². The molecule has 0 spiro atoms. The van der Waals surface area contributed by atoms with E-state index in [1.165, 1.54) is 27.8 Å². The third-order valence-corrected chi connectivity index (χ3v) is 5.26. The number of benzene rings is 3. The Morgan fingerprint density at radius 3 is 2.03 bits per heavy atom. The van der Waals surface area contributed by atoms with Crippen LogP contribution in [0.4, 0.5) is 0 Å². The van der Waals surface area contributed by atoms with Crippen molar-refractivity contribution >= 4 is 0 Å². The minimum absolute atomic E-state index is 0. The molecule has 1 radical (unpaired) electrons. The van der Waals surface area contributed by atoms with Gasteiger partial charge in [0.2, 0.25) is 0 Å². The minimum atomic E-state index is 0. The topological polar surface area (TPSA) is 25.8 Å². The summed E-state index contributed by atoms with van der Waals surface area (Å²) >= 11 is 0. The Hall–Kier alpha value is -3.39. The van der Waals surface area contributed by atoms with Crippen molar-refractivity contribution in [2.24, 2.45) is 0 Å². The number of hydrogen-bond acceptors (Lipinski definition) is 2. The molecule has 165 valence electrons. The molecular weight excluding hydrogens is 581 g/mol. The molecule has 0 fully saturated rings. The largest absolute Gasteiger partial charge is 0.305 e. The van der Waals surface area contributed by atoms with Gasteiger partial charge < -0.3 is 4.98 Å². The molecule has 2 heterocycles. The SMILES string of the molecule is Cc1cnc(-c2ccccc2C)cc1-c1ccccc1.[Ir].[c-]1ccccc1-c1ccccn1. The third kappa shape index (κ3) is 6.32. The molecule has 3 heteroatoms. The first-order valence-corrected chi connectivity index (χ1v) is 10.7. The van der Waals surface area contributed by atoms with Gasteiger partial charge in [-0.3, -0.25) is 4.98 Å². The normalized spacial score (nSPS) is 9.88. The van der Waals surface area contributed by atoms with E-state index in [-0.39, 0.29) is 20.1 Å². The van der Waals surface area contributed by atoms with Crippen LogP contribution in [0.25, 0.3) is 33.6 Å². The number of nitrogens with zero attached hydrogens (tertiary/aromatic N) is 2. The maximum atomic E-state index is 4.60. The molecule has 0 saturated heterocycles. The summed E-state index contributed by atoms with van der Waals surface area (Å²) in [5, 5.41) is 0. The Morgan fingerprint density at radius 2 is 1.33 bits per heavy atom. The average molecular weight is 606 g/mol. The van der Waals surface area contributed by atoms with Crippen molar-refractivity contribution in [3.05, 3.63) is 133 Å².